The number of rotatable bonds is 1. The number of amides is 1. The fraction of sp³-hybridized carbons (Fsp3) is 0.500. The molecule has 0 spiro atoms. The van der Waals surface area contributed by atoms with Gasteiger partial charge in [-0.2, -0.15) is 0 Å². The Labute approximate surface area is 106 Å². The monoisotopic (exact) mass is 249 g/mol. The van der Waals surface area contributed by atoms with Crippen LogP contribution in [0.5, 0.6) is 0 Å². The van der Waals surface area contributed by atoms with E-state index in [0.717, 1.165) is 31.2 Å². The number of halogens is 1. The third-order valence-corrected chi connectivity index (χ3v) is 3.64. The van der Waals surface area contributed by atoms with Crippen molar-refractivity contribution in [2.24, 2.45) is 0 Å². The van der Waals surface area contributed by atoms with Gasteiger partial charge in [0, 0.05) is 13.2 Å². The number of para-hydroxylation sites is 1. The number of ether oxygens (including phenoxy) is 1. The van der Waals surface area contributed by atoms with Crippen molar-refractivity contribution in [3.05, 3.63) is 29.6 Å². The standard InChI is InChI=1S/C14H16FNO2/c15-11-6-1-4-10-5-2-8-16(13(10)11)14(17)12-7-3-9-18-12/h1,4,6,12H,2-3,5,7-9H2. The summed E-state index contributed by atoms with van der Waals surface area (Å²) < 4.78 is 19.3. The number of hydrogen-bond donors (Lipinski definition) is 0. The maximum atomic E-state index is 13.9. The summed E-state index contributed by atoms with van der Waals surface area (Å²) in [5, 5.41) is 0. The largest absolute Gasteiger partial charge is 0.368 e. The SMILES string of the molecule is O=C(C1CCCO1)N1CCCc2cccc(F)c21. The molecule has 0 aromatic heterocycles. The summed E-state index contributed by atoms with van der Waals surface area (Å²) >= 11 is 0. The van der Waals surface area contributed by atoms with E-state index >= 15 is 0 Å². The predicted molar refractivity (Wildman–Crippen MR) is 66.0 cm³/mol. The highest BCUT2D eigenvalue weighted by Gasteiger charge is 2.32. The molecule has 1 fully saturated rings. The van der Waals surface area contributed by atoms with Gasteiger partial charge in [-0.15, -0.1) is 0 Å². The molecule has 0 saturated carbocycles. The van der Waals surface area contributed by atoms with Gasteiger partial charge in [0.25, 0.3) is 5.91 Å². The zero-order valence-corrected chi connectivity index (χ0v) is 10.2. The van der Waals surface area contributed by atoms with Crippen LogP contribution in [-0.2, 0) is 16.0 Å². The topological polar surface area (TPSA) is 29.5 Å². The molecule has 1 aromatic carbocycles. The van der Waals surface area contributed by atoms with Gasteiger partial charge < -0.3 is 9.64 Å². The molecule has 1 aromatic rings. The third-order valence-electron chi connectivity index (χ3n) is 3.64. The van der Waals surface area contributed by atoms with Crippen molar-refractivity contribution in [3.8, 4) is 0 Å². The normalized spacial score (nSPS) is 22.9. The van der Waals surface area contributed by atoms with Gasteiger partial charge in [-0.3, -0.25) is 4.79 Å². The Bertz CT molecular complexity index is 469. The molecule has 0 N–H and O–H groups in total. The molecule has 3 rings (SSSR count). The first-order chi connectivity index (χ1) is 8.77. The lowest BCUT2D eigenvalue weighted by atomic mass is 10.0. The fourth-order valence-corrected chi connectivity index (χ4v) is 2.77. The molecular weight excluding hydrogens is 233 g/mol. The van der Waals surface area contributed by atoms with Crippen molar-refractivity contribution in [3.63, 3.8) is 0 Å². The van der Waals surface area contributed by atoms with Crippen molar-refractivity contribution in [1.29, 1.82) is 0 Å². The van der Waals surface area contributed by atoms with E-state index in [2.05, 4.69) is 0 Å². The van der Waals surface area contributed by atoms with E-state index in [1.165, 1.54) is 6.07 Å². The van der Waals surface area contributed by atoms with E-state index in [4.69, 9.17) is 4.74 Å². The van der Waals surface area contributed by atoms with Crippen LogP contribution in [0.2, 0.25) is 0 Å². The maximum Gasteiger partial charge on any atom is 0.256 e. The molecule has 0 aliphatic carbocycles. The minimum atomic E-state index is -0.379. The summed E-state index contributed by atoms with van der Waals surface area (Å²) in [5.41, 5.74) is 1.39. The van der Waals surface area contributed by atoms with Crippen LogP contribution in [0.4, 0.5) is 10.1 Å². The number of hydrogen-bond acceptors (Lipinski definition) is 2. The molecule has 3 nitrogen and oxygen atoms in total. The van der Waals surface area contributed by atoms with Crippen molar-refractivity contribution >= 4 is 11.6 Å². The van der Waals surface area contributed by atoms with Crippen LogP contribution in [0.15, 0.2) is 18.2 Å². The zero-order chi connectivity index (χ0) is 12.5. The number of fused-ring (bicyclic) bond motifs is 1. The lowest BCUT2D eigenvalue weighted by molar-refractivity contribution is -0.127. The lowest BCUT2D eigenvalue weighted by Gasteiger charge is -2.31. The molecule has 18 heavy (non-hydrogen) atoms. The Morgan fingerprint density at radius 2 is 2.28 bits per heavy atom. The van der Waals surface area contributed by atoms with Crippen molar-refractivity contribution < 1.29 is 13.9 Å². The molecule has 0 radical (unpaired) electrons. The predicted octanol–water partition coefficient (Wildman–Crippen LogP) is 2.28. The maximum absolute atomic E-state index is 13.9. The summed E-state index contributed by atoms with van der Waals surface area (Å²) in [6, 6.07) is 5.02. The second kappa shape index (κ2) is 4.69. The van der Waals surface area contributed by atoms with Crippen molar-refractivity contribution in [2.45, 2.75) is 31.8 Å². The number of carbonyl (C=O) groups is 1. The lowest BCUT2D eigenvalue weighted by Crippen LogP contribution is -2.42. The fourth-order valence-electron chi connectivity index (χ4n) is 2.77. The molecular formula is C14H16FNO2. The highest BCUT2D eigenvalue weighted by Crippen LogP contribution is 2.31. The van der Waals surface area contributed by atoms with Crippen LogP contribution in [-0.4, -0.2) is 25.2 Å². The quantitative estimate of drug-likeness (QED) is 0.764. The first-order valence-corrected chi connectivity index (χ1v) is 6.48. The highest BCUT2D eigenvalue weighted by molar-refractivity contribution is 5.97. The van der Waals surface area contributed by atoms with Gasteiger partial charge in [-0.05, 0) is 37.3 Å². The first-order valence-electron chi connectivity index (χ1n) is 6.48. The van der Waals surface area contributed by atoms with E-state index in [0.29, 0.717) is 18.8 Å². The minimum absolute atomic E-state index is 0.0847. The van der Waals surface area contributed by atoms with Gasteiger partial charge in [0.05, 0.1) is 5.69 Å². The molecule has 1 saturated heterocycles. The Hall–Kier alpha value is -1.42. The Balaban J connectivity index is 1.93. The van der Waals surface area contributed by atoms with Crippen LogP contribution in [0, 0.1) is 5.82 Å². The molecule has 2 heterocycles. The van der Waals surface area contributed by atoms with Gasteiger partial charge in [-0.1, -0.05) is 12.1 Å². The molecule has 1 amide bonds. The smallest absolute Gasteiger partial charge is 0.256 e. The highest BCUT2D eigenvalue weighted by atomic mass is 19.1. The number of benzene rings is 1. The van der Waals surface area contributed by atoms with E-state index in [1.807, 2.05) is 6.07 Å². The zero-order valence-electron chi connectivity index (χ0n) is 10.2. The summed E-state index contributed by atoms with van der Waals surface area (Å²) in [7, 11) is 0. The van der Waals surface area contributed by atoms with Gasteiger partial charge >= 0.3 is 0 Å². The van der Waals surface area contributed by atoms with E-state index in [9.17, 15) is 9.18 Å². The Morgan fingerprint density at radius 1 is 1.39 bits per heavy atom. The number of carbonyl (C=O) groups excluding carboxylic acids is 1. The average Bonchev–Trinajstić information content (AvgIpc) is 2.91. The van der Waals surface area contributed by atoms with Crippen LogP contribution in [0.1, 0.15) is 24.8 Å². The summed E-state index contributed by atoms with van der Waals surface area (Å²) in [5.74, 6) is -0.392. The number of aryl methyl sites for hydroxylation is 1. The molecule has 4 heteroatoms. The molecule has 0 bridgehead atoms. The molecule has 1 atom stereocenters. The molecule has 2 aliphatic heterocycles. The second-order valence-corrected chi connectivity index (χ2v) is 4.84. The number of nitrogens with zero attached hydrogens (tertiary/aromatic N) is 1. The van der Waals surface area contributed by atoms with E-state index in [-0.39, 0.29) is 17.8 Å². The molecule has 2 aliphatic rings. The van der Waals surface area contributed by atoms with Gasteiger partial charge in [0.2, 0.25) is 0 Å². The van der Waals surface area contributed by atoms with Gasteiger partial charge in [-0.25, -0.2) is 4.39 Å². The summed E-state index contributed by atoms with van der Waals surface area (Å²) in [6.45, 7) is 1.22. The van der Waals surface area contributed by atoms with Gasteiger partial charge in [0.15, 0.2) is 0 Å². The van der Waals surface area contributed by atoms with Crippen LogP contribution in [0.25, 0.3) is 0 Å². The minimum Gasteiger partial charge on any atom is -0.368 e. The number of anilines is 1. The first kappa shape index (κ1) is 11.7. The van der Waals surface area contributed by atoms with Crippen molar-refractivity contribution in [2.75, 3.05) is 18.1 Å². The van der Waals surface area contributed by atoms with Crippen LogP contribution < -0.4 is 4.90 Å². The Morgan fingerprint density at radius 3 is 3.06 bits per heavy atom. The summed E-state index contributed by atoms with van der Waals surface area (Å²) in [6.07, 6.45) is 3.00. The van der Waals surface area contributed by atoms with Crippen molar-refractivity contribution in [1.82, 2.24) is 0 Å². The second-order valence-electron chi connectivity index (χ2n) is 4.84. The third kappa shape index (κ3) is 1.90. The average molecular weight is 249 g/mol. The summed E-state index contributed by atoms with van der Waals surface area (Å²) in [4.78, 5) is 13.9. The van der Waals surface area contributed by atoms with Crippen LogP contribution >= 0.6 is 0 Å². The van der Waals surface area contributed by atoms with Crippen LogP contribution in [0.3, 0.4) is 0 Å². The van der Waals surface area contributed by atoms with E-state index in [1.54, 1.807) is 11.0 Å². The van der Waals surface area contributed by atoms with E-state index < -0.39 is 0 Å². The van der Waals surface area contributed by atoms with Gasteiger partial charge in [0.1, 0.15) is 11.9 Å². The molecule has 1 unspecified atom stereocenters. The molecule has 96 valence electrons. The Kier molecular flexibility index (Phi) is 3.04.